The summed E-state index contributed by atoms with van der Waals surface area (Å²) in [6.07, 6.45) is 3.43. The highest BCUT2D eigenvalue weighted by atomic mass is 127. The summed E-state index contributed by atoms with van der Waals surface area (Å²) in [5, 5.41) is 3.19. The number of nitrogens with two attached hydrogens (primary N) is 1. The van der Waals surface area contributed by atoms with E-state index in [1.807, 2.05) is 0 Å². The average Bonchev–Trinajstić information content (AvgIpc) is 2.68. The van der Waals surface area contributed by atoms with Crippen molar-refractivity contribution in [1.29, 1.82) is 0 Å². The normalized spacial score (nSPS) is 17.4. The summed E-state index contributed by atoms with van der Waals surface area (Å²) >= 11 is 0. The van der Waals surface area contributed by atoms with Crippen molar-refractivity contribution in [2.24, 2.45) is 10.7 Å². The molecule has 5 nitrogen and oxygen atoms in total. The number of nitrogens with one attached hydrogen (secondary N) is 1. The molecule has 0 bridgehead atoms. The van der Waals surface area contributed by atoms with E-state index in [1.54, 1.807) is 0 Å². The van der Waals surface area contributed by atoms with Gasteiger partial charge in [-0.2, -0.15) is 0 Å². The topological polar surface area (TPSA) is 56.9 Å². The largest absolute Gasteiger partial charge is 0.370 e. The average molecular weight is 487 g/mol. The molecule has 1 heterocycles. The molecule has 0 spiro atoms. The van der Waals surface area contributed by atoms with E-state index in [1.165, 1.54) is 51.3 Å². The quantitative estimate of drug-likeness (QED) is 0.240. The van der Waals surface area contributed by atoms with Crippen LogP contribution in [0.3, 0.4) is 0 Å². The molecule has 1 aliphatic rings. The third kappa shape index (κ3) is 8.79. The van der Waals surface area contributed by atoms with Crippen LogP contribution in [-0.4, -0.2) is 61.6 Å². The zero-order valence-corrected chi connectivity index (χ0v) is 19.6. The Morgan fingerprint density at radius 2 is 1.70 bits per heavy atom. The first-order valence-electron chi connectivity index (χ1n) is 10.2. The maximum atomic E-state index is 6.01. The highest BCUT2D eigenvalue weighted by Crippen LogP contribution is 2.20. The van der Waals surface area contributed by atoms with Crippen LogP contribution in [0.2, 0.25) is 0 Å². The van der Waals surface area contributed by atoms with Crippen LogP contribution in [0.4, 0.5) is 5.69 Å². The van der Waals surface area contributed by atoms with Gasteiger partial charge in [-0.3, -0.25) is 4.99 Å². The van der Waals surface area contributed by atoms with Crippen LogP contribution in [0.15, 0.2) is 29.3 Å². The van der Waals surface area contributed by atoms with Crippen molar-refractivity contribution in [2.75, 3.05) is 51.1 Å². The number of piperazine rings is 1. The number of rotatable bonds is 9. The molecule has 3 N–H and O–H groups in total. The SMILES string of the molecule is CCC(C)c1ccc(NC(N)=NCCCCN2CCN(CC)CC2)cc1.I. The van der Waals surface area contributed by atoms with Gasteiger partial charge in [-0.1, -0.05) is 32.9 Å². The lowest BCUT2D eigenvalue weighted by Gasteiger charge is -2.33. The van der Waals surface area contributed by atoms with E-state index in [-0.39, 0.29) is 24.0 Å². The van der Waals surface area contributed by atoms with Crippen LogP contribution < -0.4 is 11.1 Å². The Morgan fingerprint density at radius 1 is 1.07 bits per heavy atom. The third-order valence-electron chi connectivity index (χ3n) is 5.44. The van der Waals surface area contributed by atoms with Gasteiger partial charge in [-0.05, 0) is 56.0 Å². The lowest BCUT2D eigenvalue weighted by molar-refractivity contribution is 0.136. The van der Waals surface area contributed by atoms with Crippen molar-refractivity contribution >= 4 is 35.6 Å². The molecular formula is C21H38IN5. The number of halogens is 1. The van der Waals surface area contributed by atoms with Crippen molar-refractivity contribution < 1.29 is 0 Å². The van der Waals surface area contributed by atoms with Gasteiger partial charge in [0.15, 0.2) is 5.96 Å². The minimum Gasteiger partial charge on any atom is -0.370 e. The first-order chi connectivity index (χ1) is 12.6. The molecule has 2 rings (SSSR count). The second kappa shape index (κ2) is 13.3. The molecule has 0 radical (unpaired) electrons. The maximum Gasteiger partial charge on any atom is 0.193 e. The summed E-state index contributed by atoms with van der Waals surface area (Å²) in [7, 11) is 0. The summed E-state index contributed by atoms with van der Waals surface area (Å²) in [4.78, 5) is 9.54. The van der Waals surface area contributed by atoms with Crippen LogP contribution in [0.5, 0.6) is 0 Å². The highest BCUT2D eigenvalue weighted by molar-refractivity contribution is 14.0. The molecule has 1 unspecified atom stereocenters. The zero-order chi connectivity index (χ0) is 18.8. The molecule has 1 atom stereocenters. The number of nitrogens with zero attached hydrogens (tertiary/aromatic N) is 3. The van der Waals surface area contributed by atoms with Gasteiger partial charge in [0, 0.05) is 38.4 Å². The van der Waals surface area contributed by atoms with Gasteiger partial charge in [0.25, 0.3) is 0 Å². The number of aliphatic imine (C=N–C) groups is 1. The number of hydrogen-bond acceptors (Lipinski definition) is 3. The number of guanidine groups is 1. The fourth-order valence-corrected chi connectivity index (χ4v) is 3.29. The minimum atomic E-state index is 0. The zero-order valence-electron chi connectivity index (χ0n) is 17.3. The van der Waals surface area contributed by atoms with Gasteiger partial charge in [-0.25, -0.2) is 0 Å². The van der Waals surface area contributed by atoms with Gasteiger partial charge in [0.05, 0.1) is 0 Å². The standard InChI is InChI=1S/C21H37N5.HI/c1-4-18(3)19-8-10-20(11-9-19)24-21(22)23-12-6-7-13-26-16-14-25(5-2)15-17-26;/h8-11,18H,4-7,12-17H2,1-3H3,(H3,22,23,24);1H. The van der Waals surface area contributed by atoms with Crippen molar-refractivity contribution in [2.45, 2.75) is 46.0 Å². The summed E-state index contributed by atoms with van der Waals surface area (Å²) in [5.41, 5.74) is 8.38. The Kier molecular flexibility index (Phi) is 11.9. The molecule has 0 saturated carbocycles. The van der Waals surface area contributed by atoms with Gasteiger partial charge in [-0.15, -0.1) is 24.0 Å². The predicted molar refractivity (Wildman–Crippen MR) is 128 cm³/mol. The minimum absolute atomic E-state index is 0. The number of likely N-dealkylation sites (N-methyl/N-ethyl adjacent to an activating group) is 1. The Labute approximate surface area is 182 Å². The second-order valence-corrected chi connectivity index (χ2v) is 7.31. The first kappa shape index (κ1) is 24.2. The predicted octanol–water partition coefficient (Wildman–Crippen LogP) is 3.96. The number of anilines is 1. The molecular weight excluding hydrogens is 449 g/mol. The summed E-state index contributed by atoms with van der Waals surface area (Å²) in [6.45, 7) is 14.7. The van der Waals surface area contributed by atoms with E-state index in [4.69, 9.17) is 5.73 Å². The fourth-order valence-electron chi connectivity index (χ4n) is 3.29. The molecule has 0 amide bonds. The van der Waals surface area contributed by atoms with E-state index >= 15 is 0 Å². The smallest absolute Gasteiger partial charge is 0.193 e. The molecule has 154 valence electrons. The summed E-state index contributed by atoms with van der Waals surface area (Å²) in [6, 6.07) is 8.50. The van der Waals surface area contributed by atoms with Crippen molar-refractivity contribution in [3.05, 3.63) is 29.8 Å². The molecule has 1 aromatic carbocycles. The van der Waals surface area contributed by atoms with Crippen LogP contribution in [0.1, 0.15) is 51.5 Å². The monoisotopic (exact) mass is 487 g/mol. The molecule has 1 fully saturated rings. The van der Waals surface area contributed by atoms with Gasteiger partial charge >= 0.3 is 0 Å². The molecule has 1 aromatic rings. The van der Waals surface area contributed by atoms with E-state index in [0.717, 1.165) is 25.1 Å². The fraction of sp³-hybridized carbons (Fsp3) is 0.667. The molecule has 0 aliphatic carbocycles. The van der Waals surface area contributed by atoms with Crippen LogP contribution in [0, 0.1) is 0 Å². The van der Waals surface area contributed by atoms with Crippen molar-refractivity contribution in [3.63, 3.8) is 0 Å². The molecule has 1 aliphatic heterocycles. The van der Waals surface area contributed by atoms with Crippen LogP contribution in [0.25, 0.3) is 0 Å². The number of hydrogen-bond donors (Lipinski definition) is 2. The van der Waals surface area contributed by atoms with Crippen LogP contribution in [-0.2, 0) is 0 Å². The van der Waals surface area contributed by atoms with E-state index in [2.05, 4.69) is 65.1 Å². The molecule has 27 heavy (non-hydrogen) atoms. The van der Waals surface area contributed by atoms with Gasteiger partial charge in [0.2, 0.25) is 0 Å². The Morgan fingerprint density at radius 3 is 2.30 bits per heavy atom. The molecule has 0 aromatic heterocycles. The van der Waals surface area contributed by atoms with E-state index < -0.39 is 0 Å². The lowest BCUT2D eigenvalue weighted by Crippen LogP contribution is -2.46. The second-order valence-electron chi connectivity index (χ2n) is 7.31. The number of benzene rings is 1. The van der Waals surface area contributed by atoms with Gasteiger partial charge < -0.3 is 20.9 Å². The maximum absolute atomic E-state index is 6.01. The van der Waals surface area contributed by atoms with Crippen LogP contribution >= 0.6 is 24.0 Å². The third-order valence-corrected chi connectivity index (χ3v) is 5.44. The van der Waals surface area contributed by atoms with Gasteiger partial charge in [0.1, 0.15) is 0 Å². The summed E-state index contributed by atoms with van der Waals surface area (Å²) < 4.78 is 0. The first-order valence-corrected chi connectivity index (χ1v) is 10.2. The Bertz CT molecular complexity index is 538. The molecule has 6 heteroatoms. The Hall–Kier alpha value is -0.860. The van der Waals surface area contributed by atoms with Crippen molar-refractivity contribution in [3.8, 4) is 0 Å². The lowest BCUT2D eigenvalue weighted by atomic mass is 9.99. The summed E-state index contributed by atoms with van der Waals surface area (Å²) in [5.74, 6) is 1.11. The van der Waals surface area contributed by atoms with E-state index in [9.17, 15) is 0 Å². The van der Waals surface area contributed by atoms with Crippen molar-refractivity contribution in [1.82, 2.24) is 9.80 Å². The molecule has 1 saturated heterocycles. The highest BCUT2D eigenvalue weighted by Gasteiger charge is 2.14. The van der Waals surface area contributed by atoms with E-state index in [0.29, 0.717) is 11.9 Å². The Balaban J connectivity index is 0.00000364. The number of unbranched alkanes of at least 4 members (excludes halogenated alkanes) is 1.